The maximum atomic E-state index is 11.3. The lowest BCUT2D eigenvalue weighted by atomic mass is 9.98. The van der Waals surface area contributed by atoms with E-state index in [1.807, 2.05) is 0 Å². The quantitative estimate of drug-likeness (QED) is 0.247. The molecule has 0 aliphatic carbocycles. The van der Waals surface area contributed by atoms with Crippen molar-refractivity contribution in [3.05, 3.63) is 84.9 Å². The second kappa shape index (κ2) is 8.00. The molecule has 0 bridgehead atoms. The van der Waals surface area contributed by atoms with Crippen molar-refractivity contribution in [1.82, 2.24) is 0 Å². The number of benzene rings is 4. The van der Waals surface area contributed by atoms with Crippen LogP contribution in [0.3, 0.4) is 0 Å². The summed E-state index contributed by atoms with van der Waals surface area (Å²) in [4.78, 5) is 0.193. The first kappa shape index (κ1) is 23.7. The van der Waals surface area contributed by atoms with Gasteiger partial charge in [-0.2, -0.15) is 16.8 Å². The molecular formula is C24H18O8S3. The summed E-state index contributed by atoms with van der Waals surface area (Å²) in [6, 6.07) is 21.6. The van der Waals surface area contributed by atoms with Gasteiger partial charge in [-0.3, -0.25) is 18.2 Å². The van der Waals surface area contributed by atoms with Crippen LogP contribution < -0.4 is 0 Å². The summed E-state index contributed by atoms with van der Waals surface area (Å²) in [6.07, 6.45) is 0. The molecule has 1 aliphatic heterocycles. The van der Waals surface area contributed by atoms with E-state index in [-0.39, 0.29) is 9.79 Å². The fourth-order valence-electron chi connectivity index (χ4n) is 4.08. The number of hydrogen-bond donors (Lipinski definition) is 4. The van der Waals surface area contributed by atoms with Crippen molar-refractivity contribution in [1.29, 1.82) is 0 Å². The second-order valence-corrected chi connectivity index (χ2v) is 12.8. The van der Waals surface area contributed by atoms with Crippen molar-refractivity contribution in [2.75, 3.05) is 0 Å². The zero-order valence-electron chi connectivity index (χ0n) is 17.7. The first-order valence-corrected chi connectivity index (χ1v) is 14.5. The highest BCUT2D eigenvalue weighted by Crippen LogP contribution is 2.67. The molecule has 0 saturated carbocycles. The average molecular weight is 531 g/mol. The molecule has 35 heavy (non-hydrogen) atoms. The molecule has 0 aromatic heterocycles. The molecule has 0 spiro atoms. The van der Waals surface area contributed by atoms with Crippen molar-refractivity contribution in [3.8, 4) is 33.4 Å². The first-order valence-electron chi connectivity index (χ1n) is 10.1. The third kappa shape index (κ3) is 4.17. The molecular weight excluding hydrogens is 512 g/mol. The van der Waals surface area contributed by atoms with Gasteiger partial charge in [0.25, 0.3) is 20.2 Å². The van der Waals surface area contributed by atoms with Gasteiger partial charge in [-0.25, -0.2) is 0 Å². The summed E-state index contributed by atoms with van der Waals surface area (Å²) >= 11 is 0. The van der Waals surface area contributed by atoms with E-state index in [9.17, 15) is 35.0 Å². The lowest BCUT2D eigenvalue weighted by Crippen LogP contribution is -1.98. The summed E-state index contributed by atoms with van der Waals surface area (Å²) in [5, 5.41) is 0. The molecule has 8 nitrogen and oxygen atoms in total. The summed E-state index contributed by atoms with van der Waals surface area (Å²) in [6.45, 7) is 0. The van der Waals surface area contributed by atoms with Crippen LogP contribution in [0, 0.1) is 0 Å². The minimum absolute atomic E-state index is 0.240. The molecule has 11 heteroatoms. The molecule has 4 aromatic carbocycles. The van der Waals surface area contributed by atoms with E-state index in [2.05, 4.69) is 0 Å². The molecule has 180 valence electrons. The molecule has 0 saturated heterocycles. The van der Waals surface area contributed by atoms with Gasteiger partial charge in [0.1, 0.15) is 0 Å². The van der Waals surface area contributed by atoms with Crippen LogP contribution in [0.15, 0.2) is 105 Å². The van der Waals surface area contributed by atoms with Crippen LogP contribution >= 0.6 is 10.6 Å². The van der Waals surface area contributed by atoms with Gasteiger partial charge in [-0.05, 0) is 58.7 Å². The lowest BCUT2D eigenvalue weighted by molar-refractivity contribution is 0.481. The van der Waals surface area contributed by atoms with E-state index in [0.29, 0.717) is 43.2 Å². The van der Waals surface area contributed by atoms with E-state index in [0.717, 1.165) is 0 Å². The Hall–Kier alpha value is -3.03. The van der Waals surface area contributed by atoms with Gasteiger partial charge in [-0.1, -0.05) is 48.5 Å². The Bertz CT molecular complexity index is 1560. The zero-order chi connectivity index (χ0) is 25.2. The standard InChI is InChI=1S/C24H18O8S3/c25-33(26)23-13-17(15-1-7-19(8-2-15)34(27,28)29)5-11-21(23)22-12-6-18(14-24(22)33)16-3-9-20(10-4-16)35(30,31)32/h1-14,25-26H,(H,27,28,29)(H,30,31,32). The summed E-state index contributed by atoms with van der Waals surface area (Å²) in [7, 11) is -12.0. The Morgan fingerprint density at radius 2 is 0.800 bits per heavy atom. The number of rotatable bonds is 4. The molecule has 0 unspecified atom stereocenters. The van der Waals surface area contributed by atoms with Crippen molar-refractivity contribution in [3.63, 3.8) is 0 Å². The molecule has 4 N–H and O–H groups in total. The molecule has 0 fully saturated rings. The van der Waals surface area contributed by atoms with Crippen LogP contribution in [-0.2, 0) is 20.2 Å². The minimum Gasteiger partial charge on any atom is -0.290 e. The Kier molecular flexibility index (Phi) is 5.42. The van der Waals surface area contributed by atoms with Crippen LogP contribution in [0.4, 0.5) is 0 Å². The maximum Gasteiger partial charge on any atom is 0.294 e. The van der Waals surface area contributed by atoms with Gasteiger partial charge in [0.05, 0.1) is 19.6 Å². The van der Waals surface area contributed by atoms with Crippen molar-refractivity contribution in [2.24, 2.45) is 0 Å². The largest absolute Gasteiger partial charge is 0.294 e. The smallest absolute Gasteiger partial charge is 0.290 e. The van der Waals surface area contributed by atoms with Gasteiger partial charge in [-0.15, -0.1) is 10.6 Å². The van der Waals surface area contributed by atoms with Gasteiger partial charge >= 0.3 is 0 Å². The summed E-state index contributed by atoms with van der Waals surface area (Å²) < 4.78 is 85.8. The third-order valence-electron chi connectivity index (χ3n) is 5.84. The van der Waals surface area contributed by atoms with Crippen LogP contribution in [0.2, 0.25) is 0 Å². The monoisotopic (exact) mass is 530 g/mol. The molecule has 1 heterocycles. The van der Waals surface area contributed by atoms with Crippen molar-refractivity contribution in [2.45, 2.75) is 19.6 Å². The zero-order valence-corrected chi connectivity index (χ0v) is 20.2. The van der Waals surface area contributed by atoms with Gasteiger partial charge in [0.2, 0.25) is 0 Å². The van der Waals surface area contributed by atoms with Crippen molar-refractivity contribution >= 4 is 30.8 Å². The highest BCUT2D eigenvalue weighted by molar-refractivity contribution is 8.24. The number of hydrogen-bond acceptors (Lipinski definition) is 6. The summed E-state index contributed by atoms with van der Waals surface area (Å²) in [5.74, 6) is 0. The highest BCUT2D eigenvalue weighted by atomic mass is 32.3. The molecule has 0 radical (unpaired) electrons. The van der Waals surface area contributed by atoms with E-state index >= 15 is 0 Å². The van der Waals surface area contributed by atoms with Crippen LogP contribution in [0.1, 0.15) is 0 Å². The molecule has 4 aromatic rings. The molecule has 5 rings (SSSR count). The van der Waals surface area contributed by atoms with Gasteiger partial charge in [0.15, 0.2) is 0 Å². The highest BCUT2D eigenvalue weighted by Gasteiger charge is 2.34. The second-order valence-electron chi connectivity index (χ2n) is 7.97. The Morgan fingerprint density at radius 1 is 0.486 bits per heavy atom. The van der Waals surface area contributed by atoms with E-state index < -0.39 is 30.8 Å². The normalized spacial score (nSPS) is 15.3. The lowest BCUT2D eigenvalue weighted by Gasteiger charge is -2.29. The Labute approximate surface area is 203 Å². The van der Waals surface area contributed by atoms with Crippen molar-refractivity contribution < 1.29 is 35.0 Å². The SMILES string of the molecule is O=S(=O)(O)c1ccc(-c2ccc3c(c2)S(O)(O)c2cc(-c4ccc(S(=O)(=O)O)cc4)ccc2-3)cc1. The van der Waals surface area contributed by atoms with E-state index in [1.165, 1.54) is 48.5 Å². The number of fused-ring (bicyclic) bond motifs is 3. The van der Waals surface area contributed by atoms with E-state index in [4.69, 9.17) is 0 Å². The summed E-state index contributed by atoms with van der Waals surface area (Å²) in [5.41, 5.74) is 3.86. The molecule has 0 atom stereocenters. The fourth-order valence-corrected chi connectivity index (χ4v) is 6.83. The molecule has 1 aliphatic rings. The van der Waals surface area contributed by atoms with E-state index in [1.54, 1.807) is 36.4 Å². The van der Waals surface area contributed by atoms with Crippen LogP contribution in [-0.4, -0.2) is 35.0 Å². The first-order chi connectivity index (χ1) is 16.4. The topological polar surface area (TPSA) is 149 Å². The van der Waals surface area contributed by atoms with Gasteiger partial charge < -0.3 is 0 Å². The third-order valence-corrected chi connectivity index (χ3v) is 9.48. The fraction of sp³-hybridized carbons (Fsp3) is 0. The van der Waals surface area contributed by atoms with Gasteiger partial charge in [0, 0.05) is 11.1 Å². The predicted molar refractivity (Wildman–Crippen MR) is 132 cm³/mol. The Balaban J connectivity index is 1.54. The molecule has 0 amide bonds. The average Bonchev–Trinajstić information content (AvgIpc) is 3.04. The Morgan fingerprint density at radius 3 is 1.11 bits per heavy atom. The van der Waals surface area contributed by atoms with Crippen LogP contribution in [0.25, 0.3) is 33.4 Å². The van der Waals surface area contributed by atoms with Crippen LogP contribution in [0.5, 0.6) is 0 Å². The minimum atomic E-state index is -4.32. The maximum absolute atomic E-state index is 11.3. The predicted octanol–water partition coefficient (Wildman–Crippen LogP) is 5.66.